The van der Waals surface area contributed by atoms with E-state index in [1.54, 1.807) is 6.92 Å². The number of hydrogen-bond donors (Lipinski definition) is 0. The van der Waals surface area contributed by atoms with Crippen LogP contribution in [0.5, 0.6) is 0 Å². The summed E-state index contributed by atoms with van der Waals surface area (Å²) in [4.78, 5) is 12.0. The fourth-order valence-corrected chi connectivity index (χ4v) is 1.90. The maximum absolute atomic E-state index is 13.9. The number of hydrogen-bond acceptors (Lipinski definition) is 3. The van der Waals surface area contributed by atoms with Crippen LogP contribution in [0, 0.1) is 28.8 Å². The Kier molecular flexibility index (Phi) is 5.14. The summed E-state index contributed by atoms with van der Waals surface area (Å²) in [5, 5.41) is 8.63. The molecule has 108 valence electrons. The van der Waals surface area contributed by atoms with Crippen LogP contribution in [0.3, 0.4) is 0 Å². The van der Waals surface area contributed by atoms with Gasteiger partial charge < -0.3 is 4.74 Å². The highest BCUT2D eigenvalue weighted by Gasteiger charge is 2.39. The second kappa shape index (κ2) is 6.42. The molecular formula is C14H14F3NO2. The molecular weight excluding hydrogens is 271 g/mol. The van der Waals surface area contributed by atoms with Crippen LogP contribution in [-0.2, 0) is 14.9 Å². The molecule has 0 fully saturated rings. The molecule has 1 rings (SSSR count). The monoisotopic (exact) mass is 285 g/mol. The van der Waals surface area contributed by atoms with Gasteiger partial charge in [-0.05, 0) is 26.3 Å². The van der Waals surface area contributed by atoms with Crippen LogP contribution in [-0.4, -0.2) is 12.6 Å². The van der Waals surface area contributed by atoms with E-state index in [1.807, 2.05) is 6.07 Å². The van der Waals surface area contributed by atoms with Crippen molar-refractivity contribution in [1.82, 2.24) is 0 Å². The molecule has 0 aliphatic carbocycles. The van der Waals surface area contributed by atoms with Gasteiger partial charge in [0.25, 0.3) is 0 Å². The van der Waals surface area contributed by atoms with Crippen molar-refractivity contribution >= 4 is 5.97 Å². The van der Waals surface area contributed by atoms with Gasteiger partial charge in [-0.1, -0.05) is 6.07 Å². The molecule has 0 heterocycles. The zero-order chi connectivity index (χ0) is 15.3. The van der Waals surface area contributed by atoms with Crippen molar-refractivity contribution < 1.29 is 22.7 Å². The highest BCUT2D eigenvalue weighted by Crippen LogP contribution is 2.34. The highest BCUT2D eigenvalue weighted by atomic mass is 19.2. The Hall–Kier alpha value is -2.03. The minimum absolute atomic E-state index is 0.0479. The normalized spacial score (nSPS) is 13.4. The number of esters is 1. The highest BCUT2D eigenvalue weighted by molar-refractivity contribution is 5.82. The Bertz CT molecular complexity index is 554. The maximum atomic E-state index is 13.9. The number of nitrogens with zero attached hydrogens (tertiary/aromatic N) is 1. The third-order valence-electron chi connectivity index (χ3n) is 3.09. The number of benzene rings is 1. The lowest BCUT2D eigenvalue weighted by atomic mass is 9.78. The van der Waals surface area contributed by atoms with Crippen LogP contribution in [0.1, 0.15) is 32.3 Å². The molecule has 6 heteroatoms. The number of nitriles is 1. The second-order valence-corrected chi connectivity index (χ2v) is 4.43. The van der Waals surface area contributed by atoms with Crippen LogP contribution in [0.4, 0.5) is 13.2 Å². The number of halogens is 3. The average Bonchev–Trinajstić information content (AvgIpc) is 2.42. The quantitative estimate of drug-likeness (QED) is 0.616. The van der Waals surface area contributed by atoms with Crippen LogP contribution >= 0.6 is 0 Å². The van der Waals surface area contributed by atoms with Gasteiger partial charge in [-0.15, -0.1) is 0 Å². The summed E-state index contributed by atoms with van der Waals surface area (Å²) in [6.45, 7) is 2.98. The van der Waals surface area contributed by atoms with Gasteiger partial charge in [0.05, 0.1) is 18.1 Å². The van der Waals surface area contributed by atoms with E-state index >= 15 is 0 Å². The molecule has 20 heavy (non-hydrogen) atoms. The van der Waals surface area contributed by atoms with Gasteiger partial charge in [0.1, 0.15) is 0 Å². The van der Waals surface area contributed by atoms with Crippen molar-refractivity contribution in [3.8, 4) is 6.07 Å². The summed E-state index contributed by atoms with van der Waals surface area (Å²) < 4.78 is 45.0. The number of ether oxygens (including phenoxy) is 1. The lowest BCUT2D eigenvalue weighted by molar-refractivity contribution is -0.149. The van der Waals surface area contributed by atoms with Gasteiger partial charge in [0.2, 0.25) is 0 Å². The van der Waals surface area contributed by atoms with Crippen LogP contribution in [0.15, 0.2) is 12.1 Å². The van der Waals surface area contributed by atoms with Crippen molar-refractivity contribution in [3.05, 3.63) is 35.1 Å². The number of carbonyl (C=O) groups is 1. The summed E-state index contributed by atoms with van der Waals surface area (Å²) in [6, 6.07) is 3.59. The molecule has 3 nitrogen and oxygen atoms in total. The maximum Gasteiger partial charge on any atom is 0.316 e. The molecule has 1 unspecified atom stereocenters. The molecule has 1 aromatic carbocycles. The van der Waals surface area contributed by atoms with Gasteiger partial charge in [-0.2, -0.15) is 5.26 Å². The van der Waals surface area contributed by atoms with E-state index in [2.05, 4.69) is 0 Å². The van der Waals surface area contributed by atoms with Crippen molar-refractivity contribution in [1.29, 1.82) is 5.26 Å². The smallest absolute Gasteiger partial charge is 0.316 e. The summed E-state index contributed by atoms with van der Waals surface area (Å²) in [5.41, 5.74) is -1.85. The lowest BCUT2D eigenvalue weighted by Crippen LogP contribution is -2.35. The van der Waals surface area contributed by atoms with Crippen molar-refractivity contribution in [2.24, 2.45) is 0 Å². The van der Waals surface area contributed by atoms with E-state index in [1.165, 1.54) is 6.92 Å². The van der Waals surface area contributed by atoms with E-state index in [4.69, 9.17) is 10.00 Å². The van der Waals surface area contributed by atoms with Gasteiger partial charge in [0, 0.05) is 12.0 Å². The second-order valence-electron chi connectivity index (χ2n) is 4.43. The van der Waals surface area contributed by atoms with Crippen LogP contribution < -0.4 is 0 Å². The largest absolute Gasteiger partial charge is 0.465 e. The first-order valence-corrected chi connectivity index (χ1v) is 6.06. The molecule has 0 radical (unpaired) electrons. The van der Waals surface area contributed by atoms with Gasteiger partial charge in [-0.25, -0.2) is 13.2 Å². The van der Waals surface area contributed by atoms with E-state index in [0.717, 1.165) is 12.1 Å². The van der Waals surface area contributed by atoms with E-state index in [0.29, 0.717) is 0 Å². The molecule has 0 saturated heterocycles. The van der Waals surface area contributed by atoms with Crippen molar-refractivity contribution in [2.45, 2.75) is 32.1 Å². The van der Waals surface area contributed by atoms with E-state index in [9.17, 15) is 18.0 Å². The van der Waals surface area contributed by atoms with Crippen LogP contribution in [0.25, 0.3) is 0 Å². The third kappa shape index (κ3) is 2.93. The molecule has 0 amide bonds. The first kappa shape index (κ1) is 16.0. The van der Waals surface area contributed by atoms with Crippen molar-refractivity contribution in [2.75, 3.05) is 6.61 Å². The molecule has 0 aliphatic heterocycles. The molecule has 0 bridgehead atoms. The molecule has 1 atom stereocenters. The zero-order valence-corrected chi connectivity index (χ0v) is 11.2. The summed E-state index contributed by atoms with van der Waals surface area (Å²) in [6.07, 6.45) is -0.0991. The first-order chi connectivity index (χ1) is 9.38. The first-order valence-electron chi connectivity index (χ1n) is 6.06. The van der Waals surface area contributed by atoms with E-state index < -0.39 is 28.8 Å². The lowest BCUT2D eigenvalue weighted by Gasteiger charge is -2.27. The molecule has 0 spiro atoms. The fraction of sp³-hybridized carbons (Fsp3) is 0.429. The van der Waals surface area contributed by atoms with Gasteiger partial charge in [-0.3, -0.25) is 4.79 Å². The average molecular weight is 285 g/mol. The fourth-order valence-electron chi connectivity index (χ4n) is 1.90. The number of rotatable bonds is 5. The summed E-state index contributed by atoms with van der Waals surface area (Å²) >= 11 is 0. The molecule has 0 aliphatic rings. The molecule has 0 aromatic heterocycles. The Balaban J connectivity index is 3.34. The minimum Gasteiger partial charge on any atom is -0.465 e. The molecule has 0 saturated carbocycles. The van der Waals surface area contributed by atoms with Gasteiger partial charge in [0.15, 0.2) is 17.5 Å². The van der Waals surface area contributed by atoms with Crippen molar-refractivity contribution in [3.63, 3.8) is 0 Å². The van der Waals surface area contributed by atoms with Crippen LogP contribution in [0.2, 0.25) is 0 Å². The molecule has 0 N–H and O–H groups in total. The summed E-state index contributed by atoms with van der Waals surface area (Å²) in [5.74, 6) is -5.19. The Morgan fingerprint density at radius 1 is 1.35 bits per heavy atom. The molecule has 1 aromatic rings. The predicted molar refractivity (Wildman–Crippen MR) is 65.1 cm³/mol. The topological polar surface area (TPSA) is 50.1 Å². The third-order valence-corrected chi connectivity index (χ3v) is 3.09. The summed E-state index contributed by atoms with van der Waals surface area (Å²) in [7, 11) is 0. The zero-order valence-electron chi connectivity index (χ0n) is 11.2. The number of carbonyl (C=O) groups excluding carboxylic acids is 1. The predicted octanol–water partition coefficient (Wildman–Crippen LogP) is 3.23. The minimum atomic E-state index is -1.64. The Morgan fingerprint density at radius 3 is 2.55 bits per heavy atom. The van der Waals surface area contributed by atoms with E-state index in [-0.39, 0.29) is 25.0 Å². The SMILES string of the molecule is CCOC(=O)C(C)(CCC#N)c1ccc(F)c(F)c1F. The Morgan fingerprint density at radius 2 is 2.00 bits per heavy atom. The van der Waals surface area contributed by atoms with Gasteiger partial charge >= 0.3 is 5.97 Å². The Labute approximate surface area is 115 Å². The standard InChI is InChI=1S/C14H14F3NO2/c1-3-20-13(19)14(2,7-4-8-18)9-5-6-10(15)12(17)11(9)16/h5-6H,3-4,7H2,1-2H3.